The Labute approximate surface area is 160 Å². The number of likely N-dealkylation sites (N-methyl/N-ethyl adjacent to an activating group) is 1. The topological polar surface area (TPSA) is 59.1 Å². The molecule has 0 aliphatic carbocycles. The van der Waals surface area contributed by atoms with Crippen LogP contribution in [0.1, 0.15) is 5.56 Å². The molecule has 0 saturated heterocycles. The highest BCUT2D eigenvalue weighted by atomic mass is 32.2. The first-order valence-corrected chi connectivity index (χ1v) is 9.83. The predicted molar refractivity (Wildman–Crippen MR) is 102 cm³/mol. The summed E-state index contributed by atoms with van der Waals surface area (Å²) in [6, 6.07) is 10.4. The lowest BCUT2D eigenvalue weighted by atomic mass is 10.2. The second kappa shape index (κ2) is 9.16. The number of ether oxygens (including phenoxy) is 2. The van der Waals surface area contributed by atoms with Crippen LogP contribution in [-0.2, 0) is 16.6 Å². The Balaban J connectivity index is 2.39. The highest BCUT2D eigenvalue weighted by Crippen LogP contribution is 2.31. The summed E-state index contributed by atoms with van der Waals surface area (Å²) in [5.74, 6) is 0.377. The zero-order chi connectivity index (χ0) is 20.0. The molecule has 0 fully saturated rings. The molecule has 0 heterocycles. The summed E-state index contributed by atoms with van der Waals surface area (Å²) in [5.41, 5.74) is 0.581. The van der Waals surface area contributed by atoms with Crippen molar-refractivity contribution >= 4 is 10.0 Å². The van der Waals surface area contributed by atoms with Gasteiger partial charge in [-0.25, -0.2) is 12.8 Å². The molecule has 27 heavy (non-hydrogen) atoms. The summed E-state index contributed by atoms with van der Waals surface area (Å²) >= 11 is 0. The van der Waals surface area contributed by atoms with E-state index in [0.29, 0.717) is 23.6 Å². The molecule has 0 aromatic heterocycles. The molecule has 0 radical (unpaired) electrons. The Bertz CT molecular complexity index is 872. The van der Waals surface area contributed by atoms with E-state index in [0.717, 1.165) is 0 Å². The third-order valence-corrected chi connectivity index (χ3v) is 5.88. The standard InChI is InChI=1S/C19H25FN2O4S/c1-21(2)10-11-22(14-15-6-5-7-16(20)12-15)27(23,24)17-8-9-18(25-3)19(13-17)26-4/h5-9,12-13H,10-11,14H2,1-4H3. The van der Waals surface area contributed by atoms with Crippen molar-refractivity contribution in [1.82, 2.24) is 9.21 Å². The summed E-state index contributed by atoms with van der Waals surface area (Å²) in [6.07, 6.45) is 0. The van der Waals surface area contributed by atoms with E-state index in [-0.39, 0.29) is 18.0 Å². The first-order valence-electron chi connectivity index (χ1n) is 8.39. The molecule has 0 aliphatic rings. The molecule has 0 N–H and O–H groups in total. The first kappa shape index (κ1) is 21.1. The van der Waals surface area contributed by atoms with Gasteiger partial charge in [-0.15, -0.1) is 0 Å². The first-order chi connectivity index (χ1) is 12.8. The van der Waals surface area contributed by atoms with Gasteiger partial charge in [0.25, 0.3) is 0 Å². The summed E-state index contributed by atoms with van der Waals surface area (Å²) in [5, 5.41) is 0. The summed E-state index contributed by atoms with van der Waals surface area (Å²) in [6.45, 7) is 0.865. The molecule has 0 bridgehead atoms. The minimum atomic E-state index is -3.82. The van der Waals surface area contributed by atoms with Crippen molar-refractivity contribution in [3.8, 4) is 11.5 Å². The van der Waals surface area contributed by atoms with Crippen LogP contribution in [0.4, 0.5) is 4.39 Å². The van der Waals surface area contributed by atoms with Gasteiger partial charge in [-0.05, 0) is 43.9 Å². The molecule has 0 aliphatic heterocycles. The zero-order valence-corrected chi connectivity index (χ0v) is 16.8. The van der Waals surface area contributed by atoms with Gasteiger partial charge in [0.15, 0.2) is 11.5 Å². The number of halogens is 1. The Hall–Kier alpha value is -2.16. The van der Waals surface area contributed by atoms with Crippen LogP contribution in [0, 0.1) is 5.82 Å². The van der Waals surface area contributed by atoms with E-state index in [9.17, 15) is 12.8 Å². The smallest absolute Gasteiger partial charge is 0.243 e. The fraction of sp³-hybridized carbons (Fsp3) is 0.368. The molecule has 0 amide bonds. The van der Waals surface area contributed by atoms with Gasteiger partial charge in [0.2, 0.25) is 10.0 Å². The Morgan fingerprint density at radius 2 is 1.67 bits per heavy atom. The van der Waals surface area contributed by atoms with E-state index in [2.05, 4.69) is 0 Å². The van der Waals surface area contributed by atoms with Gasteiger partial charge in [-0.1, -0.05) is 12.1 Å². The van der Waals surface area contributed by atoms with Crippen LogP contribution in [-0.4, -0.2) is 59.0 Å². The molecule has 2 rings (SSSR count). The van der Waals surface area contributed by atoms with Gasteiger partial charge in [-0.3, -0.25) is 0 Å². The minimum absolute atomic E-state index is 0.0717. The maximum Gasteiger partial charge on any atom is 0.243 e. The third-order valence-electron chi connectivity index (χ3n) is 4.04. The SMILES string of the molecule is COc1ccc(S(=O)(=O)N(CCN(C)C)Cc2cccc(F)c2)cc1OC. The molecule has 6 nitrogen and oxygen atoms in total. The minimum Gasteiger partial charge on any atom is -0.493 e. The van der Waals surface area contributed by atoms with E-state index in [4.69, 9.17) is 9.47 Å². The van der Waals surface area contributed by atoms with E-state index in [1.54, 1.807) is 18.2 Å². The van der Waals surface area contributed by atoms with Crippen LogP contribution in [0.2, 0.25) is 0 Å². The van der Waals surface area contributed by atoms with Crippen molar-refractivity contribution in [2.24, 2.45) is 0 Å². The van der Waals surface area contributed by atoms with Crippen molar-refractivity contribution in [1.29, 1.82) is 0 Å². The van der Waals surface area contributed by atoms with Crippen molar-refractivity contribution in [3.63, 3.8) is 0 Å². The molecule has 0 atom stereocenters. The maximum absolute atomic E-state index is 13.5. The quantitative estimate of drug-likeness (QED) is 0.652. The van der Waals surface area contributed by atoms with Gasteiger partial charge in [0, 0.05) is 25.7 Å². The number of sulfonamides is 1. The van der Waals surface area contributed by atoms with Gasteiger partial charge < -0.3 is 14.4 Å². The number of nitrogens with zero attached hydrogens (tertiary/aromatic N) is 2. The third kappa shape index (κ3) is 5.41. The number of rotatable bonds is 9. The van der Waals surface area contributed by atoms with Crippen LogP contribution in [0.25, 0.3) is 0 Å². The van der Waals surface area contributed by atoms with Gasteiger partial charge in [0.1, 0.15) is 5.82 Å². The monoisotopic (exact) mass is 396 g/mol. The number of hydrogen-bond acceptors (Lipinski definition) is 5. The largest absolute Gasteiger partial charge is 0.493 e. The van der Waals surface area contributed by atoms with Crippen LogP contribution in [0.15, 0.2) is 47.4 Å². The molecule has 0 spiro atoms. The molecule has 2 aromatic carbocycles. The average molecular weight is 396 g/mol. The van der Waals surface area contributed by atoms with Crippen molar-refractivity contribution in [2.45, 2.75) is 11.4 Å². The Morgan fingerprint density at radius 3 is 2.26 bits per heavy atom. The molecule has 8 heteroatoms. The van der Waals surface area contributed by atoms with Gasteiger partial charge >= 0.3 is 0 Å². The van der Waals surface area contributed by atoms with Crippen LogP contribution < -0.4 is 9.47 Å². The number of benzene rings is 2. The summed E-state index contributed by atoms with van der Waals surface area (Å²) in [7, 11) is 2.85. The Morgan fingerprint density at radius 1 is 0.963 bits per heavy atom. The normalized spacial score (nSPS) is 11.8. The lowest BCUT2D eigenvalue weighted by molar-refractivity contribution is 0.328. The number of methoxy groups -OCH3 is 2. The predicted octanol–water partition coefficient (Wildman–Crippen LogP) is 2.60. The van der Waals surface area contributed by atoms with Crippen LogP contribution in [0.5, 0.6) is 11.5 Å². The second-order valence-corrected chi connectivity index (χ2v) is 8.23. The molecule has 0 saturated carbocycles. The molecule has 0 unspecified atom stereocenters. The van der Waals surface area contributed by atoms with Gasteiger partial charge in [0.05, 0.1) is 19.1 Å². The number of hydrogen-bond donors (Lipinski definition) is 0. The summed E-state index contributed by atoms with van der Waals surface area (Å²) in [4.78, 5) is 1.98. The van der Waals surface area contributed by atoms with Crippen LogP contribution >= 0.6 is 0 Å². The fourth-order valence-electron chi connectivity index (χ4n) is 2.56. The molecule has 148 valence electrons. The second-order valence-electron chi connectivity index (χ2n) is 6.29. The van der Waals surface area contributed by atoms with Gasteiger partial charge in [-0.2, -0.15) is 4.31 Å². The maximum atomic E-state index is 13.5. The lowest BCUT2D eigenvalue weighted by Gasteiger charge is -2.24. The zero-order valence-electron chi connectivity index (χ0n) is 16.0. The van der Waals surface area contributed by atoms with E-state index in [1.165, 1.54) is 42.8 Å². The van der Waals surface area contributed by atoms with Crippen molar-refractivity contribution in [3.05, 3.63) is 53.8 Å². The highest BCUT2D eigenvalue weighted by Gasteiger charge is 2.26. The average Bonchev–Trinajstić information content (AvgIpc) is 2.64. The van der Waals surface area contributed by atoms with Crippen molar-refractivity contribution in [2.75, 3.05) is 41.4 Å². The Kier molecular flexibility index (Phi) is 7.18. The van der Waals surface area contributed by atoms with E-state index < -0.39 is 15.8 Å². The molecule has 2 aromatic rings. The molecular formula is C19H25FN2O4S. The highest BCUT2D eigenvalue weighted by molar-refractivity contribution is 7.89. The van der Waals surface area contributed by atoms with Crippen molar-refractivity contribution < 1.29 is 22.3 Å². The lowest BCUT2D eigenvalue weighted by Crippen LogP contribution is -2.36. The van der Waals surface area contributed by atoms with E-state index in [1.807, 2.05) is 19.0 Å². The summed E-state index contributed by atoms with van der Waals surface area (Å²) < 4.78 is 51.7. The molecular weight excluding hydrogens is 371 g/mol. The van der Waals surface area contributed by atoms with E-state index >= 15 is 0 Å². The van der Waals surface area contributed by atoms with Crippen LogP contribution in [0.3, 0.4) is 0 Å². The fourth-order valence-corrected chi connectivity index (χ4v) is 4.00.